The Bertz CT molecular complexity index is 1320. The van der Waals surface area contributed by atoms with Crippen molar-refractivity contribution in [1.29, 1.82) is 0 Å². The zero-order valence-corrected chi connectivity index (χ0v) is 16.4. The van der Waals surface area contributed by atoms with Crippen LogP contribution in [0.15, 0.2) is 78.4 Å². The van der Waals surface area contributed by atoms with Crippen molar-refractivity contribution in [3.05, 3.63) is 89.5 Å². The van der Waals surface area contributed by atoms with Crippen molar-refractivity contribution in [1.82, 2.24) is 14.3 Å². The van der Waals surface area contributed by atoms with Crippen molar-refractivity contribution in [3.8, 4) is 28.4 Å². The van der Waals surface area contributed by atoms with Gasteiger partial charge in [-0.25, -0.2) is 0 Å². The topological polar surface area (TPSA) is 87.4 Å². The maximum absolute atomic E-state index is 13.2. The van der Waals surface area contributed by atoms with Crippen LogP contribution < -0.4 is 20.3 Å². The average Bonchev–Trinajstić information content (AvgIpc) is 3.38. The number of hydrogen-bond donors (Lipinski definition) is 1. The first-order chi connectivity index (χ1) is 15.1. The molecule has 3 heterocycles. The molecule has 2 aromatic rings. The number of nitrogens with zero attached hydrogens (tertiary/aromatic N) is 3. The molecule has 1 N–H and O–H groups in total. The van der Waals surface area contributed by atoms with Crippen LogP contribution in [0.1, 0.15) is 10.4 Å². The standard InChI is InChI=1S/C23H18N4O4/c1-2-10-26-12-17(22(28)24-15-8-9-19-20(11-15)31-14-30-19)21-18(13-26)23(29)27(25-21)16-6-4-3-5-7-16/h2-9,11-13H,1,10,14H2,(H,24,28). The number of amides is 1. The number of pyridine rings is 1. The first-order valence-corrected chi connectivity index (χ1v) is 9.64. The predicted octanol–water partition coefficient (Wildman–Crippen LogP) is 3.31. The quantitative estimate of drug-likeness (QED) is 0.507. The van der Waals surface area contributed by atoms with Crippen LogP contribution in [0.25, 0.3) is 16.9 Å². The number of rotatable bonds is 5. The molecule has 0 unspecified atom stereocenters. The van der Waals surface area contributed by atoms with E-state index >= 15 is 0 Å². The molecule has 5 rings (SSSR count). The van der Waals surface area contributed by atoms with Gasteiger partial charge in [0.1, 0.15) is 5.69 Å². The molecule has 0 fully saturated rings. The fraction of sp³-hybridized carbons (Fsp3) is 0.0870. The highest BCUT2D eigenvalue weighted by Crippen LogP contribution is 2.34. The molecule has 0 aliphatic carbocycles. The molecule has 31 heavy (non-hydrogen) atoms. The van der Waals surface area contributed by atoms with Gasteiger partial charge in [0.2, 0.25) is 6.79 Å². The number of anilines is 1. The summed E-state index contributed by atoms with van der Waals surface area (Å²) in [5.41, 5.74) is 1.84. The van der Waals surface area contributed by atoms with Gasteiger partial charge in [0.05, 0.1) is 16.8 Å². The molecule has 8 heteroatoms. The number of ether oxygens (including phenoxy) is 2. The molecule has 0 radical (unpaired) electrons. The monoisotopic (exact) mass is 414 g/mol. The number of aromatic nitrogens is 3. The van der Waals surface area contributed by atoms with Gasteiger partial charge < -0.3 is 19.4 Å². The van der Waals surface area contributed by atoms with E-state index in [4.69, 9.17) is 9.47 Å². The van der Waals surface area contributed by atoms with Crippen LogP contribution >= 0.6 is 0 Å². The average molecular weight is 414 g/mol. The highest BCUT2D eigenvalue weighted by molar-refractivity contribution is 6.08. The highest BCUT2D eigenvalue weighted by Gasteiger charge is 2.25. The van der Waals surface area contributed by atoms with Crippen molar-refractivity contribution >= 4 is 11.6 Å². The summed E-state index contributed by atoms with van der Waals surface area (Å²) in [5, 5.41) is 7.32. The summed E-state index contributed by atoms with van der Waals surface area (Å²) in [4.78, 5) is 26.2. The number of benzene rings is 2. The predicted molar refractivity (Wildman–Crippen MR) is 115 cm³/mol. The molecule has 3 aliphatic heterocycles. The highest BCUT2D eigenvalue weighted by atomic mass is 16.7. The molecule has 0 saturated heterocycles. The zero-order chi connectivity index (χ0) is 21.4. The Kier molecular flexibility index (Phi) is 4.51. The number of hydrogen-bond acceptors (Lipinski definition) is 5. The fourth-order valence-electron chi connectivity index (χ4n) is 3.50. The Morgan fingerprint density at radius 2 is 1.94 bits per heavy atom. The van der Waals surface area contributed by atoms with Gasteiger partial charge in [-0.2, -0.15) is 9.78 Å². The normalized spacial score (nSPS) is 12.1. The van der Waals surface area contributed by atoms with E-state index in [0.717, 1.165) is 0 Å². The first kappa shape index (κ1) is 18.7. The van der Waals surface area contributed by atoms with E-state index in [-0.39, 0.29) is 23.8 Å². The van der Waals surface area contributed by atoms with Crippen molar-refractivity contribution in [2.75, 3.05) is 12.1 Å². The molecule has 0 saturated carbocycles. The second-order valence-corrected chi connectivity index (χ2v) is 6.99. The molecule has 0 atom stereocenters. The third kappa shape index (κ3) is 3.33. The minimum Gasteiger partial charge on any atom is -0.454 e. The maximum Gasteiger partial charge on any atom is 0.282 e. The molecular formula is C23H18N4O4. The van der Waals surface area contributed by atoms with Crippen LogP contribution in [0.3, 0.4) is 0 Å². The Labute approximate surface area is 177 Å². The second-order valence-electron chi connectivity index (χ2n) is 6.99. The minimum absolute atomic E-state index is 0.150. The van der Waals surface area contributed by atoms with Gasteiger partial charge in [-0.05, 0) is 24.3 Å². The lowest BCUT2D eigenvalue weighted by molar-refractivity contribution is 0.102. The van der Waals surface area contributed by atoms with Crippen LogP contribution in [0.4, 0.5) is 5.69 Å². The molecule has 0 bridgehead atoms. The summed E-state index contributed by atoms with van der Waals surface area (Å²) in [5.74, 6) is 0.800. The Morgan fingerprint density at radius 1 is 1.13 bits per heavy atom. The number of nitrogens with one attached hydrogen (secondary N) is 1. The Hall–Kier alpha value is -4.33. The molecule has 1 amide bonds. The number of para-hydroxylation sites is 1. The van der Waals surface area contributed by atoms with Gasteiger partial charge in [0.25, 0.3) is 11.5 Å². The molecule has 2 aromatic carbocycles. The van der Waals surface area contributed by atoms with Crippen molar-refractivity contribution in [2.45, 2.75) is 6.54 Å². The molecule has 3 aliphatic rings. The number of allylic oxidation sites excluding steroid dienone is 1. The third-order valence-corrected chi connectivity index (χ3v) is 4.94. The van der Waals surface area contributed by atoms with E-state index in [1.54, 1.807) is 53.4 Å². The van der Waals surface area contributed by atoms with E-state index in [1.807, 2.05) is 18.2 Å². The third-order valence-electron chi connectivity index (χ3n) is 4.94. The Balaban J connectivity index is 1.58. The lowest BCUT2D eigenvalue weighted by Gasteiger charge is -2.12. The summed E-state index contributed by atoms with van der Waals surface area (Å²) in [6.07, 6.45) is 5.04. The van der Waals surface area contributed by atoms with Crippen molar-refractivity contribution < 1.29 is 14.3 Å². The number of fused-ring (bicyclic) bond motifs is 2. The largest absolute Gasteiger partial charge is 0.454 e. The van der Waals surface area contributed by atoms with E-state index in [0.29, 0.717) is 40.7 Å². The summed E-state index contributed by atoms with van der Waals surface area (Å²) in [6.45, 7) is 4.33. The van der Waals surface area contributed by atoms with Crippen LogP contribution in [0.5, 0.6) is 11.5 Å². The van der Waals surface area contributed by atoms with Crippen LogP contribution in [0.2, 0.25) is 0 Å². The molecule has 0 aromatic heterocycles. The first-order valence-electron chi connectivity index (χ1n) is 9.64. The SMILES string of the molecule is C=CCn1cc(C(=O)Nc2ccc3c(c2)OCO3)c2nn(-c3ccccc3)c(=O)c-2c1. The molecule has 8 nitrogen and oxygen atoms in total. The molecule has 0 spiro atoms. The number of carbonyl (C=O) groups excluding carboxylic acids is 1. The summed E-state index contributed by atoms with van der Waals surface area (Å²) in [6, 6.07) is 14.2. The maximum atomic E-state index is 13.2. The van der Waals surface area contributed by atoms with Gasteiger partial charge in [-0.15, -0.1) is 6.58 Å². The molecular weight excluding hydrogens is 396 g/mol. The summed E-state index contributed by atoms with van der Waals surface area (Å²) in [7, 11) is 0. The zero-order valence-electron chi connectivity index (χ0n) is 16.4. The molecule has 154 valence electrons. The van der Waals surface area contributed by atoms with Crippen molar-refractivity contribution in [3.63, 3.8) is 0 Å². The van der Waals surface area contributed by atoms with E-state index < -0.39 is 0 Å². The van der Waals surface area contributed by atoms with Gasteiger partial charge in [0, 0.05) is 30.7 Å². The smallest absolute Gasteiger partial charge is 0.282 e. The second kappa shape index (κ2) is 7.49. The summed E-state index contributed by atoms with van der Waals surface area (Å²) < 4.78 is 13.7. The van der Waals surface area contributed by atoms with Gasteiger partial charge in [0.15, 0.2) is 11.5 Å². The van der Waals surface area contributed by atoms with Gasteiger partial charge in [-0.1, -0.05) is 24.3 Å². The lowest BCUT2D eigenvalue weighted by Crippen LogP contribution is -2.17. The number of carbonyl (C=O) groups is 1. The van der Waals surface area contributed by atoms with Gasteiger partial charge >= 0.3 is 0 Å². The fourth-order valence-corrected chi connectivity index (χ4v) is 3.50. The Morgan fingerprint density at radius 3 is 2.74 bits per heavy atom. The van der Waals surface area contributed by atoms with Gasteiger partial charge in [-0.3, -0.25) is 9.59 Å². The van der Waals surface area contributed by atoms with E-state index in [2.05, 4.69) is 17.0 Å². The van der Waals surface area contributed by atoms with E-state index in [1.165, 1.54) is 4.68 Å². The van der Waals surface area contributed by atoms with Crippen LogP contribution in [0, 0.1) is 0 Å². The lowest BCUT2D eigenvalue weighted by atomic mass is 10.1. The van der Waals surface area contributed by atoms with E-state index in [9.17, 15) is 9.59 Å². The van der Waals surface area contributed by atoms with Crippen LogP contribution in [-0.2, 0) is 6.54 Å². The van der Waals surface area contributed by atoms with Crippen molar-refractivity contribution in [2.24, 2.45) is 0 Å². The summed E-state index contributed by atoms with van der Waals surface area (Å²) >= 11 is 0. The minimum atomic E-state index is -0.389. The van der Waals surface area contributed by atoms with Crippen LogP contribution in [-0.4, -0.2) is 27.0 Å².